The highest BCUT2D eigenvalue weighted by Gasteiger charge is 2.29. The minimum absolute atomic E-state index is 0.225. The molecule has 1 aliphatic rings. The Morgan fingerprint density at radius 3 is 2.89 bits per heavy atom. The molecule has 1 heterocycles. The Balaban J connectivity index is 1.91. The van der Waals surface area contributed by atoms with Crippen molar-refractivity contribution in [2.24, 2.45) is 0 Å². The van der Waals surface area contributed by atoms with E-state index in [0.29, 0.717) is 11.0 Å². The summed E-state index contributed by atoms with van der Waals surface area (Å²) in [5, 5.41) is 0.630. The third kappa shape index (κ3) is 2.42. The molecule has 1 aliphatic carbocycles. The Kier molecular flexibility index (Phi) is 3.11. The van der Waals surface area contributed by atoms with Gasteiger partial charge in [-0.2, -0.15) is 0 Å². The largest absolute Gasteiger partial charge is 0.375 e. The van der Waals surface area contributed by atoms with E-state index in [9.17, 15) is 4.39 Å². The quantitative estimate of drug-likeness (QED) is 0.922. The Hall–Kier alpha value is -0.940. The van der Waals surface area contributed by atoms with Crippen LogP contribution in [-0.4, -0.2) is 4.98 Å². The molecule has 1 fully saturated rings. The number of nitrogens with two attached hydrogens (primary N) is 1. The van der Waals surface area contributed by atoms with Crippen molar-refractivity contribution in [1.29, 1.82) is 0 Å². The summed E-state index contributed by atoms with van der Waals surface area (Å²) in [6, 6.07) is 4.80. The van der Waals surface area contributed by atoms with Crippen LogP contribution in [0.1, 0.15) is 34.9 Å². The molecule has 0 atom stereocenters. The predicted octanol–water partition coefficient (Wildman–Crippen LogP) is 4.10. The highest BCUT2D eigenvalue weighted by molar-refractivity contribution is 9.10. The lowest BCUT2D eigenvalue weighted by molar-refractivity contribution is 0.626. The average molecular weight is 327 g/mol. The molecule has 0 aliphatic heterocycles. The molecule has 1 aromatic carbocycles. The number of thiazole rings is 1. The third-order valence-corrected chi connectivity index (χ3v) is 4.71. The number of benzene rings is 1. The summed E-state index contributed by atoms with van der Waals surface area (Å²) in [6.45, 7) is 0. The number of hydrogen-bond donors (Lipinski definition) is 1. The fourth-order valence-corrected chi connectivity index (χ4v) is 3.45. The molecule has 94 valence electrons. The first-order valence-electron chi connectivity index (χ1n) is 5.82. The van der Waals surface area contributed by atoms with E-state index >= 15 is 0 Å². The van der Waals surface area contributed by atoms with Gasteiger partial charge in [-0.15, -0.1) is 11.3 Å². The van der Waals surface area contributed by atoms with Crippen molar-refractivity contribution in [1.82, 2.24) is 4.98 Å². The summed E-state index contributed by atoms with van der Waals surface area (Å²) in [7, 11) is 0. The van der Waals surface area contributed by atoms with Crippen molar-refractivity contribution in [3.05, 3.63) is 44.6 Å². The first-order chi connectivity index (χ1) is 8.63. The molecule has 5 heteroatoms. The van der Waals surface area contributed by atoms with Gasteiger partial charge in [0.2, 0.25) is 0 Å². The predicted molar refractivity (Wildman–Crippen MR) is 75.4 cm³/mol. The van der Waals surface area contributed by atoms with Gasteiger partial charge < -0.3 is 5.73 Å². The van der Waals surface area contributed by atoms with Crippen molar-refractivity contribution < 1.29 is 4.39 Å². The van der Waals surface area contributed by atoms with Gasteiger partial charge in [-0.25, -0.2) is 9.37 Å². The maximum absolute atomic E-state index is 13.0. The first kappa shape index (κ1) is 12.1. The van der Waals surface area contributed by atoms with Gasteiger partial charge in [0.1, 0.15) is 5.82 Å². The van der Waals surface area contributed by atoms with Crippen molar-refractivity contribution in [3.8, 4) is 0 Å². The molecular formula is C13H12BrFN2S. The molecule has 0 spiro atoms. The van der Waals surface area contributed by atoms with Crippen molar-refractivity contribution in [2.45, 2.75) is 25.2 Å². The lowest BCUT2D eigenvalue weighted by atomic mass is 10.1. The molecule has 2 aromatic rings. The average Bonchev–Trinajstić information content (AvgIpc) is 3.08. The highest BCUT2D eigenvalue weighted by atomic mass is 79.9. The zero-order chi connectivity index (χ0) is 12.7. The van der Waals surface area contributed by atoms with Crippen LogP contribution in [0, 0.1) is 5.82 Å². The van der Waals surface area contributed by atoms with Gasteiger partial charge in [-0.3, -0.25) is 0 Å². The fourth-order valence-electron chi connectivity index (χ4n) is 2.02. The van der Waals surface area contributed by atoms with Crippen LogP contribution < -0.4 is 5.73 Å². The van der Waals surface area contributed by atoms with E-state index < -0.39 is 0 Å². The standard InChI is InChI=1S/C13H12BrFN2S/c14-10-6-9(15)4-3-8(10)5-11-12(7-1-2-7)17-13(16)18-11/h3-4,6-7H,1-2,5H2,(H2,16,17). The van der Waals surface area contributed by atoms with E-state index in [1.54, 1.807) is 11.3 Å². The van der Waals surface area contributed by atoms with E-state index in [4.69, 9.17) is 5.73 Å². The van der Waals surface area contributed by atoms with Gasteiger partial charge in [0, 0.05) is 21.7 Å². The lowest BCUT2D eigenvalue weighted by Crippen LogP contribution is -1.93. The second kappa shape index (κ2) is 4.63. The van der Waals surface area contributed by atoms with E-state index in [0.717, 1.165) is 22.2 Å². The van der Waals surface area contributed by atoms with E-state index in [2.05, 4.69) is 20.9 Å². The maximum Gasteiger partial charge on any atom is 0.180 e. The van der Waals surface area contributed by atoms with E-state index in [1.165, 1.54) is 29.9 Å². The number of rotatable bonds is 3. The number of aromatic nitrogens is 1. The van der Waals surface area contributed by atoms with Gasteiger partial charge in [-0.1, -0.05) is 22.0 Å². The molecule has 3 rings (SSSR count). The van der Waals surface area contributed by atoms with Crippen molar-refractivity contribution in [3.63, 3.8) is 0 Å². The monoisotopic (exact) mass is 326 g/mol. The second-order valence-electron chi connectivity index (χ2n) is 4.55. The first-order valence-corrected chi connectivity index (χ1v) is 7.43. The Bertz CT molecular complexity index is 593. The molecule has 18 heavy (non-hydrogen) atoms. The minimum Gasteiger partial charge on any atom is -0.375 e. The smallest absolute Gasteiger partial charge is 0.180 e. The maximum atomic E-state index is 13.0. The summed E-state index contributed by atoms with van der Waals surface area (Å²) in [6.07, 6.45) is 3.18. The van der Waals surface area contributed by atoms with Crippen LogP contribution in [-0.2, 0) is 6.42 Å². The molecule has 1 saturated carbocycles. The summed E-state index contributed by atoms with van der Waals surface area (Å²) in [4.78, 5) is 5.63. The zero-order valence-electron chi connectivity index (χ0n) is 9.62. The summed E-state index contributed by atoms with van der Waals surface area (Å²) < 4.78 is 13.9. The van der Waals surface area contributed by atoms with Crippen molar-refractivity contribution in [2.75, 3.05) is 5.73 Å². The third-order valence-electron chi connectivity index (χ3n) is 3.07. The van der Waals surface area contributed by atoms with Gasteiger partial charge in [0.15, 0.2) is 5.13 Å². The number of nitrogens with zero attached hydrogens (tertiary/aromatic N) is 1. The summed E-state index contributed by atoms with van der Waals surface area (Å²) >= 11 is 4.94. The molecule has 2 N–H and O–H groups in total. The van der Waals surface area contributed by atoms with E-state index in [-0.39, 0.29) is 5.82 Å². The molecule has 0 radical (unpaired) electrons. The Morgan fingerprint density at radius 2 is 2.22 bits per heavy atom. The topological polar surface area (TPSA) is 38.9 Å². The van der Waals surface area contributed by atoms with Gasteiger partial charge in [-0.05, 0) is 30.5 Å². The molecule has 0 bridgehead atoms. The van der Waals surface area contributed by atoms with Crippen LogP contribution in [0.25, 0.3) is 0 Å². The molecular weight excluding hydrogens is 315 g/mol. The number of hydrogen-bond acceptors (Lipinski definition) is 3. The van der Waals surface area contributed by atoms with Crippen LogP contribution >= 0.6 is 27.3 Å². The minimum atomic E-state index is -0.225. The molecule has 0 amide bonds. The van der Waals surface area contributed by atoms with Crippen LogP contribution in [0.15, 0.2) is 22.7 Å². The van der Waals surface area contributed by atoms with Crippen LogP contribution in [0.5, 0.6) is 0 Å². The van der Waals surface area contributed by atoms with Crippen LogP contribution in [0.2, 0.25) is 0 Å². The normalized spacial score (nSPS) is 15.0. The highest BCUT2D eigenvalue weighted by Crippen LogP contribution is 2.44. The second-order valence-corrected chi connectivity index (χ2v) is 6.52. The molecule has 1 aromatic heterocycles. The number of nitrogen functional groups attached to an aromatic ring is 1. The molecule has 2 nitrogen and oxygen atoms in total. The summed E-state index contributed by atoms with van der Waals surface area (Å²) in [5.41, 5.74) is 8.01. The van der Waals surface area contributed by atoms with Gasteiger partial charge >= 0.3 is 0 Å². The fraction of sp³-hybridized carbons (Fsp3) is 0.308. The number of halogens is 2. The Morgan fingerprint density at radius 1 is 1.44 bits per heavy atom. The van der Waals surface area contributed by atoms with Gasteiger partial charge in [0.25, 0.3) is 0 Å². The van der Waals surface area contributed by atoms with Gasteiger partial charge in [0.05, 0.1) is 5.69 Å². The summed E-state index contributed by atoms with van der Waals surface area (Å²) in [5.74, 6) is 0.365. The Labute approximate surface area is 117 Å². The van der Waals surface area contributed by atoms with E-state index in [1.807, 2.05) is 6.07 Å². The number of anilines is 1. The van der Waals surface area contributed by atoms with Crippen molar-refractivity contribution >= 4 is 32.4 Å². The van der Waals surface area contributed by atoms with Crippen LogP contribution in [0.4, 0.5) is 9.52 Å². The lowest BCUT2D eigenvalue weighted by Gasteiger charge is -2.04. The molecule has 0 unspecified atom stereocenters. The zero-order valence-corrected chi connectivity index (χ0v) is 12.0. The molecule has 0 saturated heterocycles. The SMILES string of the molecule is Nc1nc(C2CC2)c(Cc2ccc(F)cc2Br)s1. The van der Waals surface area contributed by atoms with Crippen LogP contribution in [0.3, 0.4) is 0 Å².